The van der Waals surface area contributed by atoms with Crippen molar-refractivity contribution in [3.8, 4) is 0 Å². The Morgan fingerprint density at radius 2 is 1.67 bits per heavy atom. The second-order valence-corrected chi connectivity index (χ2v) is 6.04. The maximum atomic E-state index is 12.8. The Hall–Kier alpha value is -2.33. The predicted octanol–water partition coefficient (Wildman–Crippen LogP) is 3.05. The molecule has 24 heavy (non-hydrogen) atoms. The Balaban J connectivity index is 2.18. The van der Waals surface area contributed by atoms with Crippen molar-refractivity contribution in [2.45, 2.75) is 25.9 Å². The molecule has 126 valence electrons. The van der Waals surface area contributed by atoms with Crippen LogP contribution >= 0.6 is 11.6 Å². The van der Waals surface area contributed by atoms with Crippen molar-refractivity contribution in [3.05, 3.63) is 70.7 Å². The lowest BCUT2D eigenvalue weighted by atomic mass is 10.1. The average molecular weight is 345 g/mol. The molecule has 2 amide bonds. The maximum absolute atomic E-state index is 12.8. The number of carbonyl (C=O) groups excluding carboxylic acids is 2. The normalized spacial score (nSPS) is 11.6. The summed E-state index contributed by atoms with van der Waals surface area (Å²) in [7, 11) is 1.57. The Morgan fingerprint density at radius 1 is 1.04 bits per heavy atom. The van der Waals surface area contributed by atoms with Gasteiger partial charge in [0.2, 0.25) is 11.8 Å². The average Bonchev–Trinajstić information content (AvgIpc) is 2.61. The van der Waals surface area contributed by atoms with Gasteiger partial charge in [-0.15, -0.1) is 0 Å². The zero-order valence-corrected chi connectivity index (χ0v) is 14.6. The van der Waals surface area contributed by atoms with E-state index in [9.17, 15) is 9.59 Å². The third-order valence-electron chi connectivity index (χ3n) is 3.88. The van der Waals surface area contributed by atoms with Gasteiger partial charge in [-0.1, -0.05) is 54.1 Å². The van der Waals surface area contributed by atoms with Gasteiger partial charge in [0.25, 0.3) is 0 Å². The molecule has 4 nitrogen and oxygen atoms in total. The van der Waals surface area contributed by atoms with Gasteiger partial charge in [-0.2, -0.15) is 0 Å². The van der Waals surface area contributed by atoms with Crippen LogP contribution in [-0.2, 0) is 22.6 Å². The first kappa shape index (κ1) is 18.0. The third kappa shape index (κ3) is 4.83. The molecule has 2 aromatic rings. The summed E-state index contributed by atoms with van der Waals surface area (Å²) < 4.78 is 0. The minimum atomic E-state index is -0.546. The van der Waals surface area contributed by atoms with Crippen molar-refractivity contribution in [2.75, 3.05) is 7.05 Å². The van der Waals surface area contributed by atoms with Gasteiger partial charge in [0.15, 0.2) is 0 Å². The molecule has 0 aliphatic carbocycles. The summed E-state index contributed by atoms with van der Waals surface area (Å²) in [6.45, 7) is 2.13. The zero-order valence-electron chi connectivity index (χ0n) is 13.8. The quantitative estimate of drug-likeness (QED) is 0.875. The van der Waals surface area contributed by atoms with E-state index in [0.717, 1.165) is 11.1 Å². The largest absolute Gasteiger partial charge is 0.357 e. The van der Waals surface area contributed by atoms with E-state index in [1.807, 2.05) is 42.5 Å². The number of benzene rings is 2. The summed E-state index contributed by atoms with van der Waals surface area (Å²) >= 11 is 5.88. The number of halogens is 1. The molecule has 0 saturated heterocycles. The summed E-state index contributed by atoms with van der Waals surface area (Å²) in [5, 5.41) is 3.24. The van der Waals surface area contributed by atoms with Crippen LogP contribution in [0.15, 0.2) is 54.6 Å². The molecule has 0 heterocycles. The van der Waals surface area contributed by atoms with E-state index in [2.05, 4.69) is 5.32 Å². The number of amides is 2. The molecule has 5 heteroatoms. The highest BCUT2D eigenvalue weighted by atomic mass is 35.5. The first-order valence-corrected chi connectivity index (χ1v) is 8.18. The molecule has 1 unspecified atom stereocenters. The molecule has 0 bridgehead atoms. The molecule has 2 aromatic carbocycles. The lowest BCUT2D eigenvalue weighted by Gasteiger charge is -2.28. The van der Waals surface area contributed by atoms with Crippen molar-refractivity contribution >= 4 is 23.4 Å². The van der Waals surface area contributed by atoms with E-state index in [4.69, 9.17) is 11.6 Å². The van der Waals surface area contributed by atoms with Gasteiger partial charge in [-0.3, -0.25) is 9.59 Å². The molecule has 0 saturated carbocycles. The van der Waals surface area contributed by atoms with Crippen molar-refractivity contribution < 1.29 is 9.59 Å². The van der Waals surface area contributed by atoms with Crippen LogP contribution in [0.1, 0.15) is 18.1 Å². The van der Waals surface area contributed by atoms with E-state index in [0.29, 0.717) is 11.6 Å². The Kier molecular flexibility index (Phi) is 6.38. The van der Waals surface area contributed by atoms with Gasteiger partial charge < -0.3 is 10.2 Å². The number of nitrogens with one attached hydrogen (secondary N) is 1. The van der Waals surface area contributed by atoms with Crippen LogP contribution in [-0.4, -0.2) is 29.8 Å². The van der Waals surface area contributed by atoms with E-state index >= 15 is 0 Å². The van der Waals surface area contributed by atoms with Gasteiger partial charge in [-0.05, 0) is 30.2 Å². The number of hydrogen-bond acceptors (Lipinski definition) is 2. The summed E-state index contributed by atoms with van der Waals surface area (Å²) in [5.41, 5.74) is 1.85. The van der Waals surface area contributed by atoms with E-state index in [1.165, 1.54) is 0 Å². The van der Waals surface area contributed by atoms with Crippen molar-refractivity contribution in [2.24, 2.45) is 0 Å². The third-order valence-corrected chi connectivity index (χ3v) is 4.13. The highest BCUT2D eigenvalue weighted by molar-refractivity contribution is 6.30. The number of rotatable bonds is 6. The second kappa shape index (κ2) is 8.50. The SMILES string of the molecule is CNC(=O)C(C)N(Cc1ccccc1)C(=O)Cc1ccc(Cl)cc1. The molecule has 2 rings (SSSR count). The van der Waals surface area contributed by atoms with E-state index in [1.54, 1.807) is 31.0 Å². The lowest BCUT2D eigenvalue weighted by Crippen LogP contribution is -2.47. The molecule has 0 spiro atoms. The number of nitrogens with zero attached hydrogens (tertiary/aromatic N) is 1. The van der Waals surface area contributed by atoms with Crippen LogP contribution in [0.5, 0.6) is 0 Å². The van der Waals surface area contributed by atoms with Gasteiger partial charge in [-0.25, -0.2) is 0 Å². The van der Waals surface area contributed by atoms with Crippen molar-refractivity contribution in [1.29, 1.82) is 0 Å². The Labute approximate surface area is 147 Å². The van der Waals surface area contributed by atoms with Crippen molar-refractivity contribution in [3.63, 3.8) is 0 Å². The minimum Gasteiger partial charge on any atom is -0.357 e. The fourth-order valence-electron chi connectivity index (χ4n) is 2.45. The van der Waals surface area contributed by atoms with Crippen molar-refractivity contribution in [1.82, 2.24) is 10.2 Å². The highest BCUT2D eigenvalue weighted by Crippen LogP contribution is 2.14. The fraction of sp³-hybridized carbons (Fsp3) is 0.263. The zero-order chi connectivity index (χ0) is 17.5. The maximum Gasteiger partial charge on any atom is 0.242 e. The van der Waals surface area contributed by atoms with Gasteiger partial charge in [0.1, 0.15) is 6.04 Å². The molecule has 0 fully saturated rings. The minimum absolute atomic E-state index is 0.0997. The first-order valence-electron chi connectivity index (χ1n) is 7.80. The summed E-state index contributed by atoms with van der Waals surface area (Å²) in [6.07, 6.45) is 0.228. The smallest absolute Gasteiger partial charge is 0.242 e. The number of likely N-dealkylation sites (N-methyl/N-ethyl adjacent to an activating group) is 1. The second-order valence-electron chi connectivity index (χ2n) is 5.60. The molecule has 1 atom stereocenters. The molecule has 1 N–H and O–H groups in total. The first-order chi connectivity index (χ1) is 11.5. The van der Waals surface area contributed by atoms with Gasteiger partial charge in [0, 0.05) is 18.6 Å². The van der Waals surface area contributed by atoms with Crippen LogP contribution in [0.2, 0.25) is 5.02 Å². The Morgan fingerprint density at radius 3 is 2.25 bits per heavy atom. The molecular formula is C19H21ClN2O2. The van der Waals surface area contributed by atoms with Crippen LogP contribution < -0.4 is 5.32 Å². The molecule has 0 aliphatic heterocycles. The fourth-order valence-corrected chi connectivity index (χ4v) is 2.58. The van der Waals surface area contributed by atoms with Gasteiger partial charge >= 0.3 is 0 Å². The standard InChI is InChI=1S/C19H21ClN2O2/c1-14(19(24)21-2)22(13-16-6-4-3-5-7-16)18(23)12-15-8-10-17(20)11-9-15/h3-11,14H,12-13H2,1-2H3,(H,21,24). The predicted molar refractivity (Wildman–Crippen MR) is 95.7 cm³/mol. The van der Waals surface area contributed by atoms with Crippen LogP contribution in [0, 0.1) is 0 Å². The van der Waals surface area contributed by atoms with Crippen LogP contribution in [0.4, 0.5) is 0 Å². The Bertz CT molecular complexity index is 686. The molecule has 0 aliphatic rings. The molecule has 0 radical (unpaired) electrons. The summed E-state index contributed by atoms with van der Waals surface area (Å²) in [6, 6.07) is 16.3. The summed E-state index contributed by atoms with van der Waals surface area (Å²) in [5.74, 6) is -0.285. The van der Waals surface area contributed by atoms with Gasteiger partial charge in [0.05, 0.1) is 6.42 Å². The molecule has 0 aromatic heterocycles. The lowest BCUT2D eigenvalue weighted by molar-refractivity contribution is -0.139. The van der Waals surface area contributed by atoms with Crippen LogP contribution in [0.3, 0.4) is 0 Å². The summed E-state index contributed by atoms with van der Waals surface area (Å²) in [4.78, 5) is 26.4. The highest BCUT2D eigenvalue weighted by Gasteiger charge is 2.25. The number of hydrogen-bond donors (Lipinski definition) is 1. The number of carbonyl (C=O) groups is 2. The van der Waals surface area contributed by atoms with E-state index in [-0.39, 0.29) is 18.2 Å². The van der Waals surface area contributed by atoms with Crippen LogP contribution in [0.25, 0.3) is 0 Å². The molecular weight excluding hydrogens is 324 g/mol. The topological polar surface area (TPSA) is 49.4 Å². The monoisotopic (exact) mass is 344 g/mol. The van der Waals surface area contributed by atoms with E-state index < -0.39 is 6.04 Å².